The molecule has 0 heterocycles. The lowest BCUT2D eigenvalue weighted by molar-refractivity contribution is 0.0934. The monoisotopic (exact) mass is 287 g/mol. The van der Waals surface area contributed by atoms with E-state index in [2.05, 4.69) is 5.32 Å². The van der Waals surface area contributed by atoms with Gasteiger partial charge in [0.05, 0.1) is 6.04 Å². The number of phenols is 1. The molecule has 3 nitrogen and oxygen atoms in total. The van der Waals surface area contributed by atoms with Crippen LogP contribution < -0.4 is 5.32 Å². The highest BCUT2D eigenvalue weighted by Crippen LogP contribution is 2.23. The molecule has 0 spiro atoms. The van der Waals surface area contributed by atoms with Crippen LogP contribution in [0, 0.1) is 5.82 Å². The van der Waals surface area contributed by atoms with Crippen molar-refractivity contribution in [1.29, 1.82) is 0 Å². The second-order valence-electron chi connectivity index (χ2n) is 5.02. The first-order valence-electron chi connectivity index (χ1n) is 6.79. The van der Waals surface area contributed by atoms with E-state index in [4.69, 9.17) is 0 Å². The summed E-state index contributed by atoms with van der Waals surface area (Å²) >= 11 is 0. The number of benzene rings is 2. The maximum atomic E-state index is 13.3. The van der Waals surface area contributed by atoms with E-state index in [0.717, 1.165) is 5.56 Å². The van der Waals surface area contributed by atoms with E-state index in [-0.39, 0.29) is 23.3 Å². The highest BCUT2D eigenvalue weighted by atomic mass is 19.1. The molecule has 2 N–H and O–H groups in total. The molecule has 0 aliphatic heterocycles. The Morgan fingerprint density at radius 1 is 1.19 bits per heavy atom. The molecule has 0 aliphatic carbocycles. The number of hydrogen-bond donors (Lipinski definition) is 2. The highest BCUT2D eigenvalue weighted by molar-refractivity contribution is 6.01. The first-order chi connectivity index (χ1) is 10.0. The largest absolute Gasteiger partial charge is 0.508 e. The maximum absolute atomic E-state index is 13.3. The van der Waals surface area contributed by atoms with Crippen molar-refractivity contribution in [2.45, 2.75) is 18.9 Å². The Bertz CT molecular complexity index is 642. The molecule has 2 atom stereocenters. The molecule has 0 saturated carbocycles. The normalized spacial score (nSPS) is 13.7. The number of nitrogens with one attached hydrogen (secondary N) is 1. The zero-order chi connectivity index (χ0) is 15.4. The summed E-state index contributed by atoms with van der Waals surface area (Å²) in [7, 11) is 1.70. The number of carbonyl (C=O) groups excluding carboxylic acids is 1. The van der Waals surface area contributed by atoms with Crippen LogP contribution in [-0.4, -0.2) is 24.0 Å². The van der Waals surface area contributed by atoms with Crippen molar-refractivity contribution in [3.05, 3.63) is 65.5 Å². The molecule has 0 amide bonds. The number of hydrogen-bond acceptors (Lipinski definition) is 3. The molecule has 2 unspecified atom stereocenters. The molecule has 110 valence electrons. The van der Waals surface area contributed by atoms with Gasteiger partial charge in [-0.15, -0.1) is 0 Å². The van der Waals surface area contributed by atoms with Gasteiger partial charge >= 0.3 is 0 Å². The molecule has 4 heteroatoms. The van der Waals surface area contributed by atoms with Crippen LogP contribution >= 0.6 is 0 Å². The van der Waals surface area contributed by atoms with Crippen molar-refractivity contribution in [3.63, 3.8) is 0 Å². The highest BCUT2D eigenvalue weighted by Gasteiger charge is 2.26. The van der Waals surface area contributed by atoms with Gasteiger partial charge in [-0.05, 0) is 36.9 Å². The van der Waals surface area contributed by atoms with Crippen LogP contribution in [0.2, 0.25) is 0 Å². The van der Waals surface area contributed by atoms with Gasteiger partial charge in [-0.3, -0.25) is 4.79 Å². The van der Waals surface area contributed by atoms with E-state index >= 15 is 0 Å². The predicted octanol–water partition coefficient (Wildman–Crippen LogP) is 3.11. The zero-order valence-electron chi connectivity index (χ0n) is 12.0. The average molecular weight is 287 g/mol. The number of Topliss-reactive ketones (excluding diaryl/α,β-unsaturated/α-hetero) is 1. The third-order valence-electron chi connectivity index (χ3n) is 3.60. The van der Waals surface area contributed by atoms with Crippen molar-refractivity contribution in [3.8, 4) is 5.75 Å². The molecule has 0 saturated heterocycles. The molecule has 0 bridgehead atoms. The van der Waals surface area contributed by atoms with Crippen LogP contribution in [0.25, 0.3) is 0 Å². The van der Waals surface area contributed by atoms with Gasteiger partial charge in [-0.2, -0.15) is 0 Å². The van der Waals surface area contributed by atoms with Crippen molar-refractivity contribution in [2.24, 2.45) is 0 Å². The van der Waals surface area contributed by atoms with Crippen LogP contribution in [0.4, 0.5) is 4.39 Å². The molecule has 2 aromatic rings. The Hall–Kier alpha value is -2.20. The second kappa shape index (κ2) is 6.50. The number of likely N-dealkylation sites (N-methyl/N-ethyl adjacent to an activating group) is 1. The molecule has 0 aromatic heterocycles. The number of halogens is 1. The van der Waals surface area contributed by atoms with Crippen LogP contribution in [-0.2, 0) is 0 Å². The minimum Gasteiger partial charge on any atom is -0.508 e. The smallest absolute Gasteiger partial charge is 0.180 e. The topological polar surface area (TPSA) is 49.3 Å². The van der Waals surface area contributed by atoms with Crippen LogP contribution in [0.15, 0.2) is 48.5 Å². The van der Waals surface area contributed by atoms with Gasteiger partial charge in [0.1, 0.15) is 11.6 Å². The van der Waals surface area contributed by atoms with Gasteiger partial charge in [-0.25, -0.2) is 4.39 Å². The van der Waals surface area contributed by atoms with Crippen molar-refractivity contribution in [2.75, 3.05) is 7.05 Å². The van der Waals surface area contributed by atoms with Gasteiger partial charge in [0.2, 0.25) is 0 Å². The number of carbonyl (C=O) groups is 1. The van der Waals surface area contributed by atoms with E-state index in [1.54, 1.807) is 31.3 Å². The van der Waals surface area contributed by atoms with Crippen LogP contribution in [0.5, 0.6) is 5.75 Å². The summed E-state index contributed by atoms with van der Waals surface area (Å²) in [6.07, 6.45) is 0. The number of aromatic hydroxyl groups is 1. The fourth-order valence-electron chi connectivity index (χ4n) is 2.43. The second-order valence-corrected chi connectivity index (χ2v) is 5.02. The molecule has 21 heavy (non-hydrogen) atoms. The average Bonchev–Trinajstić information content (AvgIpc) is 2.47. The summed E-state index contributed by atoms with van der Waals surface area (Å²) in [4.78, 5) is 12.6. The lowest BCUT2D eigenvalue weighted by atomic mass is 9.88. The fourth-order valence-corrected chi connectivity index (χ4v) is 2.43. The molecule has 0 aliphatic rings. The summed E-state index contributed by atoms with van der Waals surface area (Å²) in [5, 5.41) is 12.5. The maximum Gasteiger partial charge on any atom is 0.180 e. The minimum atomic E-state index is -0.492. The number of ketones is 1. The van der Waals surface area contributed by atoms with E-state index in [0.29, 0.717) is 5.56 Å². The zero-order valence-corrected chi connectivity index (χ0v) is 12.0. The summed E-state index contributed by atoms with van der Waals surface area (Å²) in [6, 6.07) is 12.0. The van der Waals surface area contributed by atoms with E-state index in [9.17, 15) is 14.3 Å². The van der Waals surface area contributed by atoms with Gasteiger partial charge in [0, 0.05) is 11.5 Å². The predicted molar refractivity (Wildman–Crippen MR) is 80.1 cm³/mol. The van der Waals surface area contributed by atoms with Gasteiger partial charge in [0.15, 0.2) is 5.78 Å². The van der Waals surface area contributed by atoms with Crippen LogP contribution in [0.1, 0.15) is 28.8 Å². The first kappa shape index (κ1) is 15.2. The van der Waals surface area contributed by atoms with Crippen LogP contribution in [0.3, 0.4) is 0 Å². The lowest BCUT2D eigenvalue weighted by Crippen LogP contribution is -2.38. The Labute approximate surface area is 123 Å². The third kappa shape index (κ3) is 3.47. The quantitative estimate of drug-likeness (QED) is 0.831. The first-order valence-corrected chi connectivity index (χ1v) is 6.79. The van der Waals surface area contributed by atoms with E-state index in [1.165, 1.54) is 24.3 Å². The molecule has 2 rings (SSSR count). The molecular weight excluding hydrogens is 269 g/mol. The number of phenolic OH excluding ortho intramolecular Hbond substituents is 1. The fraction of sp³-hybridized carbons (Fsp3) is 0.235. The Balaban J connectivity index is 2.28. The summed E-state index contributed by atoms with van der Waals surface area (Å²) in [5.74, 6) is -0.598. The lowest BCUT2D eigenvalue weighted by Gasteiger charge is -2.23. The Morgan fingerprint density at radius 2 is 1.90 bits per heavy atom. The Morgan fingerprint density at radius 3 is 2.52 bits per heavy atom. The van der Waals surface area contributed by atoms with Gasteiger partial charge in [-0.1, -0.05) is 31.2 Å². The van der Waals surface area contributed by atoms with E-state index in [1.807, 2.05) is 6.92 Å². The van der Waals surface area contributed by atoms with Crippen molar-refractivity contribution in [1.82, 2.24) is 5.32 Å². The summed E-state index contributed by atoms with van der Waals surface area (Å²) < 4.78 is 13.3. The van der Waals surface area contributed by atoms with Gasteiger partial charge < -0.3 is 10.4 Å². The summed E-state index contributed by atoms with van der Waals surface area (Å²) in [6.45, 7) is 1.87. The third-order valence-corrected chi connectivity index (χ3v) is 3.60. The molecule has 0 radical (unpaired) electrons. The number of rotatable bonds is 5. The van der Waals surface area contributed by atoms with E-state index < -0.39 is 6.04 Å². The SMILES string of the molecule is CNC(C(=O)c1cccc(O)c1)C(C)c1cccc(F)c1. The standard InChI is InChI=1S/C17H18FNO2/c1-11(12-5-3-7-14(18)9-12)16(19-2)17(21)13-6-4-8-15(20)10-13/h3-11,16,19-20H,1-2H3. The van der Waals surface area contributed by atoms with Crippen molar-refractivity contribution >= 4 is 5.78 Å². The molecule has 0 fully saturated rings. The summed E-state index contributed by atoms with van der Waals surface area (Å²) in [5.41, 5.74) is 1.18. The molecule has 2 aromatic carbocycles. The van der Waals surface area contributed by atoms with Gasteiger partial charge in [0.25, 0.3) is 0 Å². The van der Waals surface area contributed by atoms with Crippen molar-refractivity contribution < 1.29 is 14.3 Å². The minimum absolute atomic E-state index is 0.0501. The Kier molecular flexibility index (Phi) is 4.70. The molecular formula is C17H18FNO2.